The maximum Gasteiger partial charge on any atom is 0.255 e. The summed E-state index contributed by atoms with van der Waals surface area (Å²) >= 11 is 0. The molecule has 1 aromatic carbocycles. The molecule has 0 spiro atoms. The average Bonchev–Trinajstić information content (AvgIpc) is 2.89. The summed E-state index contributed by atoms with van der Waals surface area (Å²) in [4.78, 5) is 18.7. The van der Waals surface area contributed by atoms with Crippen LogP contribution in [0.25, 0.3) is 10.9 Å². The number of aromatic nitrogens is 2. The molecule has 1 fully saturated rings. The van der Waals surface area contributed by atoms with Gasteiger partial charge in [-0.3, -0.25) is 9.78 Å². The minimum absolute atomic E-state index is 0.0344. The number of carbonyl (C=O) groups is 1. The van der Waals surface area contributed by atoms with Gasteiger partial charge in [0, 0.05) is 50.2 Å². The Morgan fingerprint density at radius 2 is 2.23 bits per heavy atom. The lowest BCUT2D eigenvalue weighted by atomic mass is 9.98. The van der Waals surface area contributed by atoms with Crippen LogP contribution in [0, 0.1) is 5.92 Å². The van der Waals surface area contributed by atoms with Gasteiger partial charge in [0.15, 0.2) is 0 Å². The van der Waals surface area contributed by atoms with Crippen molar-refractivity contribution in [2.75, 3.05) is 26.3 Å². The van der Waals surface area contributed by atoms with Crippen LogP contribution in [0.5, 0.6) is 0 Å². The third-order valence-electron chi connectivity index (χ3n) is 5.01. The Morgan fingerprint density at radius 3 is 3.08 bits per heavy atom. The quantitative estimate of drug-likeness (QED) is 0.730. The van der Waals surface area contributed by atoms with Gasteiger partial charge in [-0.1, -0.05) is 6.07 Å². The van der Waals surface area contributed by atoms with Crippen molar-refractivity contribution in [3.63, 3.8) is 0 Å². The minimum Gasteiger partial charge on any atom is -0.379 e. The van der Waals surface area contributed by atoms with Crippen molar-refractivity contribution < 1.29 is 9.53 Å². The Morgan fingerprint density at radius 1 is 1.31 bits per heavy atom. The molecule has 1 amide bonds. The second kappa shape index (κ2) is 7.30. The van der Waals surface area contributed by atoms with Crippen LogP contribution >= 0.6 is 0 Å². The Kier molecular flexibility index (Phi) is 4.71. The monoisotopic (exact) mass is 349 g/mol. The van der Waals surface area contributed by atoms with E-state index in [-0.39, 0.29) is 5.91 Å². The van der Waals surface area contributed by atoms with E-state index in [1.54, 1.807) is 18.5 Å². The molecular weight excluding hydrogens is 326 g/mol. The number of hydrogen-bond donors (Lipinski definition) is 0. The van der Waals surface area contributed by atoms with Gasteiger partial charge >= 0.3 is 0 Å². The molecule has 3 aromatic rings. The fourth-order valence-electron chi connectivity index (χ4n) is 3.65. The van der Waals surface area contributed by atoms with Crippen LogP contribution in [0.4, 0.5) is 0 Å². The molecule has 26 heavy (non-hydrogen) atoms. The number of aryl methyl sites for hydroxylation is 1. The third kappa shape index (κ3) is 3.48. The number of fused-ring (bicyclic) bond motifs is 1. The van der Waals surface area contributed by atoms with E-state index in [2.05, 4.69) is 47.1 Å². The van der Waals surface area contributed by atoms with Crippen molar-refractivity contribution in [3.05, 3.63) is 66.1 Å². The standard InChI is InChI=1S/C21H23N3O2/c1-23-8-6-18-12-16(4-5-20(18)23)11-17-14-24(9-10-26-15-17)21(25)19-3-2-7-22-13-19/h2-8,12-13,17H,9-11,14-15H2,1H3/t17-/m0/s1. The molecular formula is C21H23N3O2. The highest BCUT2D eigenvalue weighted by Gasteiger charge is 2.23. The molecule has 1 aliphatic heterocycles. The largest absolute Gasteiger partial charge is 0.379 e. The lowest BCUT2D eigenvalue weighted by molar-refractivity contribution is 0.0737. The van der Waals surface area contributed by atoms with Gasteiger partial charge in [0.25, 0.3) is 5.91 Å². The summed E-state index contributed by atoms with van der Waals surface area (Å²) in [6.07, 6.45) is 6.30. The van der Waals surface area contributed by atoms with Crippen molar-refractivity contribution in [3.8, 4) is 0 Å². The smallest absolute Gasteiger partial charge is 0.255 e. The number of rotatable bonds is 3. The Hall–Kier alpha value is -2.66. The Balaban J connectivity index is 1.49. The van der Waals surface area contributed by atoms with E-state index < -0.39 is 0 Å². The van der Waals surface area contributed by atoms with Crippen LogP contribution in [-0.2, 0) is 18.2 Å². The molecule has 3 heterocycles. The lowest BCUT2D eigenvalue weighted by Crippen LogP contribution is -2.36. The topological polar surface area (TPSA) is 47.4 Å². The molecule has 0 aliphatic carbocycles. The summed E-state index contributed by atoms with van der Waals surface area (Å²) in [5, 5.41) is 1.25. The van der Waals surface area contributed by atoms with Crippen molar-refractivity contribution in [2.45, 2.75) is 6.42 Å². The van der Waals surface area contributed by atoms with Crippen LogP contribution in [0.1, 0.15) is 15.9 Å². The van der Waals surface area contributed by atoms with Crippen LogP contribution in [0.2, 0.25) is 0 Å². The van der Waals surface area contributed by atoms with Gasteiger partial charge in [0.05, 0.1) is 18.8 Å². The predicted molar refractivity (Wildman–Crippen MR) is 101 cm³/mol. The zero-order valence-corrected chi connectivity index (χ0v) is 15.0. The summed E-state index contributed by atoms with van der Waals surface area (Å²) < 4.78 is 7.90. The van der Waals surface area contributed by atoms with Gasteiger partial charge in [-0.25, -0.2) is 0 Å². The first kappa shape index (κ1) is 16.8. The van der Waals surface area contributed by atoms with Gasteiger partial charge in [-0.05, 0) is 47.7 Å². The summed E-state index contributed by atoms with van der Waals surface area (Å²) in [6.45, 7) is 2.60. The number of nitrogens with zero attached hydrogens (tertiary/aromatic N) is 3. The lowest BCUT2D eigenvalue weighted by Gasteiger charge is -2.23. The van der Waals surface area contributed by atoms with Crippen LogP contribution in [0.15, 0.2) is 55.0 Å². The highest BCUT2D eigenvalue weighted by molar-refractivity contribution is 5.93. The Bertz CT molecular complexity index is 904. The molecule has 0 radical (unpaired) electrons. The predicted octanol–water partition coefficient (Wildman–Crippen LogP) is 2.90. The summed E-state index contributed by atoms with van der Waals surface area (Å²) in [7, 11) is 2.06. The van der Waals surface area contributed by atoms with Crippen molar-refractivity contribution in [1.82, 2.24) is 14.5 Å². The molecule has 0 saturated carbocycles. The number of ether oxygens (including phenoxy) is 1. The van der Waals surface area contributed by atoms with Crippen LogP contribution in [-0.4, -0.2) is 46.7 Å². The normalized spacial score (nSPS) is 18.0. The van der Waals surface area contributed by atoms with Gasteiger partial charge in [-0.2, -0.15) is 0 Å². The van der Waals surface area contributed by atoms with E-state index in [9.17, 15) is 4.79 Å². The van der Waals surface area contributed by atoms with Gasteiger partial charge < -0.3 is 14.2 Å². The number of hydrogen-bond acceptors (Lipinski definition) is 3. The first-order chi connectivity index (χ1) is 12.7. The fourth-order valence-corrected chi connectivity index (χ4v) is 3.65. The van der Waals surface area contributed by atoms with Crippen LogP contribution in [0.3, 0.4) is 0 Å². The van der Waals surface area contributed by atoms with E-state index in [0.717, 1.165) is 6.42 Å². The van der Waals surface area contributed by atoms with E-state index in [4.69, 9.17) is 4.74 Å². The number of pyridine rings is 1. The summed E-state index contributed by atoms with van der Waals surface area (Å²) in [5.74, 6) is 0.325. The molecule has 0 bridgehead atoms. The maximum atomic E-state index is 12.8. The second-order valence-corrected chi connectivity index (χ2v) is 6.96. The SMILES string of the molecule is Cn1ccc2cc(C[C@@H]3COCCN(C(=O)c4cccnc4)C3)ccc21. The molecule has 5 nitrogen and oxygen atoms in total. The number of benzene rings is 1. The van der Waals surface area contributed by atoms with Crippen molar-refractivity contribution in [1.29, 1.82) is 0 Å². The number of amides is 1. The molecule has 5 heteroatoms. The van der Waals surface area contributed by atoms with Crippen LogP contribution < -0.4 is 0 Å². The molecule has 1 aliphatic rings. The first-order valence-corrected chi connectivity index (χ1v) is 9.02. The van der Waals surface area contributed by atoms with E-state index in [1.807, 2.05) is 11.0 Å². The van der Waals surface area contributed by atoms with E-state index in [0.29, 0.717) is 37.8 Å². The first-order valence-electron chi connectivity index (χ1n) is 9.02. The molecule has 0 N–H and O–H groups in total. The number of carbonyl (C=O) groups excluding carboxylic acids is 1. The van der Waals surface area contributed by atoms with E-state index >= 15 is 0 Å². The zero-order valence-electron chi connectivity index (χ0n) is 15.0. The van der Waals surface area contributed by atoms with Gasteiger partial charge in [0.2, 0.25) is 0 Å². The van der Waals surface area contributed by atoms with Gasteiger partial charge in [0.1, 0.15) is 0 Å². The fraction of sp³-hybridized carbons (Fsp3) is 0.333. The molecule has 0 unspecified atom stereocenters. The highest BCUT2D eigenvalue weighted by Crippen LogP contribution is 2.21. The molecule has 1 saturated heterocycles. The van der Waals surface area contributed by atoms with E-state index in [1.165, 1.54) is 16.5 Å². The van der Waals surface area contributed by atoms with Gasteiger partial charge in [-0.15, -0.1) is 0 Å². The van der Waals surface area contributed by atoms with Crippen molar-refractivity contribution in [2.24, 2.45) is 13.0 Å². The molecule has 2 aromatic heterocycles. The zero-order chi connectivity index (χ0) is 17.9. The summed E-state index contributed by atoms with van der Waals surface area (Å²) in [5.41, 5.74) is 3.16. The minimum atomic E-state index is 0.0344. The second-order valence-electron chi connectivity index (χ2n) is 6.96. The molecule has 4 rings (SSSR count). The van der Waals surface area contributed by atoms with Crippen molar-refractivity contribution >= 4 is 16.8 Å². The molecule has 134 valence electrons. The maximum absolute atomic E-state index is 12.8. The Labute approximate surface area is 153 Å². The average molecular weight is 349 g/mol. The third-order valence-corrected chi connectivity index (χ3v) is 5.01. The molecule has 1 atom stereocenters. The highest BCUT2D eigenvalue weighted by atomic mass is 16.5. The summed E-state index contributed by atoms with van der Waals surface area (Å²) in [6, 6.07) is 12.4.